The minimum atomic E-state index is 0.751. The number of nitrogens with zero attached hydrogens (tertiary/aromatic N) is 4. The van der Waals surface area contributed by atoms with Gasteiger partial charge < -0.3 is 0 Å². The fourth-order valence-electron chi connectivity index (χ4n) is 3.62. The molecule has 0 amide bonds. The second kappa shape index (κ2) is 6.13. The van der Waals surface area contributed by atoms with E-state index in [9.17, 15) is 0 Å². The SMILES string of the molecule is Cn1cc(CN2CCC(Cc3ccc4ncccc4c3)C2)cn1. The van der Waals surface area contributed by atoms with Crippen LogP contribution in [0.25, 0.3) is 10.9 Å². The van der Waals surface area contributed by atoms with Crippen molar-refractivity contribution in [2.75, 3.05) is 13.1 Å². The smallest absolute Gasteiger partial charge is 0.0702 e. The monoisotopic (exact) mass is 306 g/mol. The predicted molar refractivity (Wildman–Crippen MR) is 92.0 cm³/mol. The summed E-state index contributed by atoms with van der Waals surface area (Å²) in [5.74, 6) is 0.751. The third-order valence-electron chi connectivity index (χ3n) is 4.73. The average Bonchev–Trinajstić information content (AvgIpc) is 3.17. The number of rotatable bonds is 4. The number of likely N-dealkylation sites (tertiary alicyclic amines) is 1. The molecule has 1 aliphatic rings. The van der Waals surface area contributed by atoms with Crippen LogP contribution in [0.1, 0.15) is 17.5 Å². The summed E-state index contributed by atoms with van der Waals surface area (Å²) < 4.78 is 1.88. The summed E-state index contributed by atoms with van der Waals surface area (Å²) in [5, 5.41) is 5.50. The number of benzene rings is 1. The van der Waals surface area contributed by atoms with Crippen molar-refractivity contribution >= 4 is 10.9 Å². The largest absolute Gasteiger partial charge is 0.299 e. The lowest BCUT2D eigenvalue weighted by atomic mass is 9.97. The maximum absolute atomic E-state index is 4.40. The molecule has 1 unspecified atom stereocenters. The third-order valence-corrected chi connectivity index (χ3v) is 4.73. The highest BCUT2D eigenvalue weighted by molar-refractivity contribution is 5.78. The maximum Gasteiger partial charge on any atom is 0.0702 e. The van der Waals surface area contributed by atoms with Crippen LogP contribution in [-0.2, 0) is 20.0 Å². The van der Waals surface area contributed by atoms with Crippen molar-refractivity contribution in [2.24, 2.45) is 13.0 Å². The van der Waals surface area contributed by atoms with Gasteiger partial charge in [0.25, 0.3) is 0 Å². The number of hydrogen-bond donors (Lipinski definition) is 0. The van der Waals surface area contributed by atoms with Crippen LogP contribution in [0.4, 0.5) is 0 Å². The Bertz CT molecular complexity index is 808. The molecule has 1 fully saturated rings. The Hall–Kier alpha value is -2.20. The van der Waals surface area contributed by atoms with Crippen LogP contribution >= 0.6 is 0 Å². The molecule has 0 saturated carbocycles. The third kappa shape index (κ3) is 3.27. The quantitative estimate of drug-likeness (QED) is 0.743. The van der Waals surface area contributed by atoms with Crippen molar-refractivity contribution in [3.05, 3.63) is 60.0 Å². The highest BCUT2D eigenvalue weighted by Crippen LogP contribution is 2.24. The number of pyridine rings is 1. The van der Waals surface area contributed by atoms with Crippen molar-refractivity contribution < 1.29 is 0 Å². The van der Waals surface area contributed by atoms with Gasteiger partial charge in [-0.05, 0) is 49.1 Å². The van der Waals surface area contributed by atoms with Crippen molar-refractivity contribution in [1.29, 1.82) is 0 Å². The maximum atomic E-state index is 4.40. The molecule has 4 heteroatoms. The van der Waals surface area contributed by atoms with E-state index in [0.717, 1.165) is 24.4 Å². The van der Waals surface area contributed by atoms with Gasteiger partial charge in [0.05, 0.1) is 11.7 Å². The number of aryl methyl sites for hydroxylation is 1. The highest BCUT2D eigenvalue weighted by Gasteiger charge is 2.23. The lowest BCUT2D eigenvalue weighted by molar-refractivity contribution is 0.316. The molecule has 3 heterocycles. The van der Waals surface area contributed by atoms with E-state index in [1.54, 1.807) is 0 Å². The first-order valence-corrected chi connectivity index (χ1v) is 8.30. The van der Waals surface area contributed by atoms with Gasteiger partial charge in [0.1, 0.15) is 0 Å². The molecule has 1 saturated heterocycles. The van der Waals surface area contributed by atoms with Crippen molar-refractivity contribution in [1.82, 2.24) is 19.7 Å². The fourth-order valence-corrected chi connectivity index (χ4v) is 3.62. The van der Waals surface area contributed by atoms with Gasteiger partial charge in [0.15, 0.2) is 0 Å². The Morgan fingerprint density at radius 1 is 1.22 bits per heavy atom. The number of aromatic nitrogens is 3. The standard InChI is InChI=1S/C19H22N4/c1-22-12-17(11-21-22)14-23-8-6-16(13-23)9-15-4-5-19-18(10-15)3-2-7-20-19/h2-5,7,10-12,16H,6,8-9,13-14H2,1H3. The summed E-state index contributed by atoms with van der Waals surface area (Å²) in [5.41, 5.74) is 3.82. The van der Waals surface area contributed by atoms with Crippen molar-refractivity contribution in [2.45, 2.75) is 19.4 Å². The minimum absolute atomic E-state index is 0.751. The van der Waals surface area contributed by atoms with Crippen LogP contribution in [0.5, 0.6) is 0 Å². The first kappa shape index (κ1) is 14.4. The summed E-state index contributed by atoms with van der Waals surface area (Å²) in [6, 6.07) is 10.8. The fraction of sp³-hybridized carbons (Fsp3) is 0.368. The molecule has 23 heavy (non-hydrogen) atoms. The molecule has 118 valence electrons. The van der Waals surface area contributed by atoms with E-state index in [-0.39, 0.29) is 0 Å². The first-order chi connectivity index (χ1) is 11.3. The number of hydrogen-bond acceptors (Lipinski definition) is 3. The van der Waals surface area contributed by atoms with Gasteiger partial charge in [0.2, 0.25) is 0 Å². The molecular formula is C19H22N4. The topological polar surface area (TPSA) is 34.0 Å². The van der Waals surface area contributed by atoms with Gasteiger partial charge >= 0.3 is 0 Å². The van der Waals surface area contributed by atoms with E-state index in [4.69, 9.17) is 0 Å². The van der Waals surface area contributed by atoms with E-state index in [1.165, 1.54) is 36.0 Å². The Morgan fingerprint density at radius 2 is 2.17 bits per heavy atom. The molecule has 0 aliphatic carbocycles. The van der Waals surface area contributed by atoms with Gasteiger partial charge in [-0.1, -0.05) is 12.1 Å². The minimum Gasteiger partial charge on any atom is -0.299 e. The van der Waals surface area contributed by atoms with Crippen LogP contribution in [0.15, 0.2) is 48.9 Å². The lowest BCUT2D eigenvalue weighted by Gasteiger charge is -2.15. The van der Waals surface area contributed by atoms with E-state index in [0.29, 0.717) is 0 Å². The molecule has 1 aromatic carbocycles. The summed E-state index contributed by atoms with van der Waals surface area (Å²) in [6.07, 6.45) is 8.39. The Balaban J connectivity index is 1.39. The molecule has 4 rings (SSSR count). The second-order valence-corrected chi connectivity index (χ2v) is 6.65. The Kier molecular flexibility index (Phi) is 3.83. The molecule has 4 nitrogen and oxygen atoms in total. The molecule has 1 atom stereocenters. The second-order valence-electron chi connectivity index (χ2n) is 6.65. The molecular weight excluding hydrogens is 284 g/mol. The van der Waals surface area contributed by atoms with Gasteiger partial charge in [-0.15, -0.1) is 0 Å². The van der Waals surface area contributed by atoms with Crippen molar-refractivity contribution in [3.63, 3.8) is 0 Å². The van der Waals surface area contributed by atoms with Gasteiger partial charge in [0, 0.05) is 43.5 Å². The van der Waals surface area contributed by atoms with Crippen LogP contribution in [0, 0.1) is 5.92 Å². The van der Waals surface area contributed by atoms with E-state index in [1.807, 2.05) is 30.2 Å². The molecule has 0 spiro atoms. The number of fused-ring (bicyclic) bond motifs is 1. The molecule has 0 radical (unpaired) electrons. The first-order valence-electron chi connectivity index (χ1n) is 8.30. The molecule has 0 bridgehead atoms. The van der Waals surface area contributed by atoms with Gasteiger partial charge in [-0.3, -0.25) is 14.6 Å². The van der Waals surface area contributed by atoms with Crippen molar-refractivity contribution in [3.8, 4) is 0 Å². The predicted octanol–water partition coefficient (Wildman–Crippen LogP) is 3.03. The summed E-state index contributed by atoms with van der Waals surface area (Å²) in [4.78, 5) is 6.94. The summed E-state index contributed by atoms with van der Waals surface area (Å²) in [7, 11) is 1.98. The van der Waals surface area contributed by atoms with Crippen LogP contribution in [0.3, 0.4) is 0 Å². The van der Waals surface area contributed by atoms with E-state index >= 15 is 0 Å². The normalized spacial score (nSPS) is 18.7. The Labute approximate surface area is 136 Å². The molecule has 1 aliphatic heterocycles. The summed E-state index contributed by atoms with van der Waals surface area (Å²) >= 11 is 0. The summed E-state index contributed by atoms with van der Waals surface area (Å²) in [6.45, 7) is 3.39. The lowest BCUT2D eigenvalue weighted by Crippen LogP contribution is -2.20. The van der Waals surface area contributed by atoms with Gasteiger partial charge in [-0.25, -0.2) is 0 Å². The van der Waals surface area contributed by atoms with Gasteiger partial charge in [-0.2, -0.15) is 5.10 Å². The zero-order chi connectivity index (χ0) is 15.6. The zero-order valence-corrected chi connectivity index (χ0v) is 13.5. The van der Waals surface area contributed by atoms with Crippen LogP contribution in [0.2, 0.25) is 0 Å². The molecule has 0 N–H and O–H groups in total. The van der Waals surface area contributed by atoms with E-state index < -0.39 is 0 Å². The van der Waals surface area contributed by atoms with Crippen LogP contribution < -0.4 is 0 Å². The van der Waals surface area contributed by atoms with Crippen LogP contribution in [-0.4, -0.2) is 32.8 Å². The molecule has 3 aromatic rings. The highest BCUT2D eigenvalue weighted by atomic mass is 15.2. The molecule has 2 aromatic heterocycles. The zero-order valence-electron chi connectivity index (χ0n) is 13.5. The average molecular weight is 306 g/mol. The Morgan fingerprint density at radius 3 is 3.04 bits per heavy atom. The van der Waals surface area contributed by atoms with E-state index in [2.05, 4.69) is 45.4 Å².